The second-order valence-corrected chi connectivity index (χ2v) is 4.65. The Hall–Kier alpha value is -1.85. The normalized spacial score (nSPS) is 10.4. The molecule has 2 aromatic rings. The lowest BCUT2D eigenvalue weighted by molar-refractivity contribution is 0.281. The van der Waals surface area contributed by atoms with Crippen LogP contribution < -0.4 is 9.64 Å². The Balaban J connectivity index is 2.28. The first-order chi connectivity index (χ1) is 9.67. The van der Waals surface area contributed by atoms with E-state index < -0.39 is 0 Å². The predicted molar refractivity (Wildman–Crippen MR) is 78.1 cm³/mol. The van der Waals surface area contributed by atoms with Gasteiger partial charge in [-0.25, -0.2) is 9.97 Å². The molecule has 0 atom stereocenters. The van der Waals surface area contributed by atoms with Crippen LogP contribution in [0.15, 0.2) is 30.6 Å². The molecule has 106 valence electrons. The zero-order valence-electron chi connectivity index (χ0n) is 11.4. The molecule has 1 heterocycles. The van der Waals surface area contributed by atoms with Crippen LogP contribution in [0.4, 0.5) is 5.82 Å². The minimum atomic E-state index is -0.203. The van der Waals surface area contributed by atoms with E-state index in [1.807, 2.05) is 36.2 Å². The third-order valence-corrected chi connectivity index (χ3v) is 3.32. The Labute approximate surface area is 122 Å². The number of benzene rings is 1. The Kier molecular flexibility index (Phi) is 4.76. The highest BCUT2D eigenvalue weighted by Crippen LogP contribution is 2.25. The van der Waals surface area contributed by atoms with Gasteiger partial charge in [0.05, 0.1) is 19.3 Å². The topological polar surface area (TPSA) is 58.5 Å². The molecule has 0 aliphatic rings. The second kappa shape index (κ2) is 6.54. The van der Waals surface area contributed by atoms with Gasteiger partial charge in [0, 0.05) is 19.2 Å². The van der Waals surface area contributed by atoms with Gasteiger partial charge in [0.25, 0.3) is 0 Å². The summed E-state index contributed by atoms with van der Waals surface area (Å²) in [5.74, 6) is 1.42. The van der Waals surface area contributed by atoms with Gasteiger partial charge in [0.2, 0.25) is 0 Å². The molecule has 5 nitrogen and oxygen atoms in total. The molecule has 0 fully saturated rings. The van der Waals surface area contributed by atoms with E-state index in [1.54, 1.807) is 7.11 Å². The smallest absolute Gasteiger partial charge is 0.140 e. The molecule has 0 unspecified atom stereocenters. The summed E-state index contributed by atoms with van der Waals surface area (Å²) in [6, 6.07) is 7.76. The molecule has 0 bridgehead atoms. The molecular formula is C14H16ClN3O2. The molecule has 0 saturated carbocycles. The number of rotatable bonds is 5. The summed E-state index contributed by atoms with van der Waals surface area (Å²) in [4.78, 5) is 9.97. The standard InChI is InChI=1S/C14H16ClN3O2/c1-18(7-10-5-3-4-6-12(10)20-2)14-11(8-19)13(15)16-9-17-14/h3-6,9,19H,7-8H2,1-2H3. The van der Waals surface area contributed by atoms with Crippen LogP contribution in [0.1, 0.15) is 11.1 Å². The van der Waals surface area contributed by atoms with Crippen LogP contribution in [-0.2, 0) is 13.2 Å². The number of aliphatic hydroxyl groups is 1. The van der Waals surface area contributed by atoms with Gasteiger partial charge in [-0.05, 0) is 6.07 Å². The fourth-order valence-electron chi connectivity index (χ4n) is 2.01. The van der Waals surface area contributed by atoms with E-state index in [-0.39, 0.29) is 11.8 Å². The first-order valence-electron chi connectivity index (χ1n) is 6.10. The van der Waals surface area contributed by atoms with Gasteiger partial charge in [0.15, 0.2) is 0 Å². The number of hydrogen-bond donors (Lipinski definition) is 1. The zero-order chi connectivity index (χ0) is 14.5. The van der Waals surface area contributed by atoms with Gasteiger partial charge in [-0.2, -0.15) is 0 Å². The van der Waals surface area contributed by atoms with Gasteiger partial charge in [-0.3, -0.25) is 0 Å². The van der Waals surface area contributed by atoms with E-state index in [2.05, 4.69) is 9.97 Å². The third kappa shape index (κ3) is 3.00. The number of hydrogen-bond acceptors (Lipinski definition) is 5. The summed E-state index contributed by atoms with van der Waals surface area (Å²) < 4.78 is 5.33. The monoisotopic (exact) mass is 293 g/mol. The van der Waals surface area contributed by atoms with Crippen LogP contribution in [0, 0.1) is 0 Å². The fourth-order valence-corrected chi connectivity index (χ4v) is 2.20. The van der Waals surface area contributed by atoms with Crippen LogP contribution in [0.25, 0.3) is 0 Å². The maximum atomic E-state index is 9.40. The molecule has 2 rings (SSSR count). The maximum absolute atomic E-state index is 9.40. The highest BCUT2D eigenvalue weighted by atomic mass is 35.5. The van der Waals surface area contributed by atoms with Crippen molar-refractivity contribution < 1.29 is 9.84 Å². The molecule has 0 saturated heterocycles. The maximum Gasteiger partial charge on any atom is 0.140 e. The average molecular weight is 294 g/mol. The highest BCUT2D eigenvalue weighted by molar-refractivity contribution is 6.30. The molecular weight excluding hydrogens is 278 g/mol. The lowest BCUT2D eigenvalue weighted by Crippen LogP contribution is -2.20. The molecule has 0 spiro atoms. The third-order valence-electron chi connectivity index (χ3n) is 2.99. The number of aliphatic hydroxyl groups excluding tert-OH is 1. The van der Waals surface area contributed by atoms with Gasteiger partial charge < -0.3 is 14.7 Å². The van der Waals surface area contributed by atoms with Crippen LogP contribution in [-0.4, -0.2) is 29.2 Å². The van der Waals surface area contributed by atoms with Crippen molar-refractivity contribution in [1.29, 1.82) is 0 Å². The zero-order valence-corrected chi connectivity index (χ0v) is 12.1. The van der Waals surface area contributed by atoms with E-state index in [0.717, 1.165) is 11.3 Å². The largest absolute Gasteiger partial charge is 0.496 e. The molecule has 0 amide bonds. The Morgan fingerprint density at radius 3 is 2.75 bits per heavy atom. The summed E-state index contributed by atoms with van der Waals surface area (Å²) in [5, 5.41) is 9.67. The van der Waals surface area contributed by atoms with Crippen molar-refractivity contribution >= 4 is 17.4 Å². The van der Waals surface area contributed by atoms with Gasteiger partial charge in [-0.1, -0.05) is 29.8 Å². The second-order valence-electron chi connectivity index (χ2n) is 4.29. The number of anilines is 1. The van der Waals surface area contributed by atoms with Crippen molar-refractivity contribution in [2.75, 3.05) is 19.1 Å². The quantitative estimate of drug-likeness (QED) is 0.857. The van der Waals surface area contributed by atoms with E-state index in [0.29, 0.717) is 17.9 Å². The van der Waals surface area contributed by atoms with E-state index in [4.69, 9.17) is 16.3 Å². The molecule has 0 aliphatic carbocycles. The SMILES string of the molecule is COc1ccccc1CN(C)c1ncnc(Cl)c1CO. The molecule has 6 heteroatoms. The van der Waals surface area contributed by atoms with Crippen molar-refractivity contribution in [2.24, 2.45) is 0 Å². The van der Waals surface area contributed by atoms with Crippen molar-refractivity contribution in [3.63, 3.8) is 0 Å². The Bertz CT molecular complexity index is 592. The Morgan fingerprint density at radius 2 is 2.05 bits per heavy atom. The minimum Gasteiger partial charge on any atom is -0.496 e. The van der Waals surface area contributed by atoms with E-state index >= 15 is 0 Å². The minimum absolute atomic E-state index is 0.203. The highest BCUT2D eigenvalue weighted by Gasteiger charge is 2.14. The van der Waals surface area contributed by atoms with Crippen molar-refractivity contribution in [1.82, 2.24) is 9.97 Å². The van der Waals surface area contributed by atoms with E-state index in [9.17, 15) is 5.11 Å². The fraction of sp³-hybridized carbons (Fsp3) is 0.286. The van der Waals surface area contributed by atoms with E-state index in [1.165, 1.54) is 6.33 Å². The summed E-state index contributed by atoms with van der Waals surface area (Å²) in [6.07, 6.45) is 1.38. The van der Waals surface area contributed by atoms with Crippen molar-refractivity contribution in [3.05, 3.63) is 46.9 Å². The van der Waals surface area contributed by atoms with Crippen LogP contribution >= 0.6 is 11.6 Å². The summed E-state index contributed by atoms with van der Waals surface area (Å²) in [6.45, 7) is 0.385. The van der Waals surface area contributed by atoms with Crippen molar-refractivity contribution in [3.8, 4) is 5.75 Å². The predicted octanol–water partition coefficient (Wildman–Crippen LogP) is 2.27. The summed E-state index contributed by atoms with van der Waals surface area (Å²) in [5.41, 5.74) is 1.54. The number of ether oxygens (including phenoxy) is 1. The number of aromatic nitrogens is 2. The van der Waals surface area contributed by atoms with Crippen molar-refractivity contribution in [2.45, 2.75) is 13.2 Å². The molecule has 0 radical (unpaired) electrons. The lowest BCUT2D eigenvalue weighted by Gasteiger charge is -2.21. The number of nitrogens with zero attached hydrogens (tertiary/aromatic N) is 3. The number of halogens is 1. The molecule has 1 aromatic heterocycles. The molecule has 1 aromatic carbocycles. The Morgan fingerprint density at radius 1 is 1.30 bits per heavy atom. The van der Waals surface area contributed by atoms with Gasteiger partial charge in [0.1, 0.15) is 23.0 Å². The average Bonchev–Trinajstić information content (AvgIpc) is 2.47. The first kappa shape index (κ1) is 14.6. The van der Waals surface area contributed by atoms with Crippen LogP contribution in [0.2, 0.25) is 5.15 Å². The number of para-hydroxylation sites is 1. The summed E-state index contributed by atoms with van der Waals surface area (Å²) in [7, 11) is 3.52. The molecule has 0 aliphatic heterocycles. The first-order valence-corrected chi connectivity index (χ1v) is 6.48. The summed E-state index contributed by atoms with van der Waals surface area (Å²) >= 11 is 5.97. The van der Waals surface area contributed by atoms with Crippen LogP contribution in [0.3, 0.4) is 0 Å². The number of methoxy groups -OCH3 is 1. The van der Waals surface area contributed by atoms with Crippen LogP contribution in [0.5, 0.6) is 5.75 Å². The molecule has 1 N–H and O–H groups in total. The van der Waals surface area contributed by atoms with Gasteiger partial charge >= 0.3 is 0 Å². The lowest BCUT2D eigenvalue weighted by atomic mass is 10.2. The van der Waals surface area contributed by atoms with Gasteiger partial charge in [-0.15, -0.1) is 0 Å². The molecule has 20 heavy (non-hydrogen) atoms.